The molecule has 3 aliphatic rings. The summed E-state index contributed by atoms with van der Waals surface area (Å²) in [7, 11) is 0. The van der Waals surface area contributed by atoms with E-state index in [0.717, 1.165) is 54.5 Å². The SMILES string of the molecule is [C-]#[N+]c1ccc2c(c1C)CCC1C2CC[C@@]2(C)C1CCC[C@@]2(O)Cc1[c-]c[n+](O)cc1.[Y]. The standard InChI is InChI=1S/C27H32N2O2.Y/c1-18-20-6-7-23-22(21(20)8-9-25(18)28-3)10-14-26(2)24(23)5-4-13-27(26,30)17-19-11-15-29(31)16-12-19;/h8-9,11,15-16,22-24,30-31H,4-7,10,13-14,17H2,1-2H3;/t22?,23?,24?,26-,27+;/m0./s1. The minimum atomic E-state index is -0.733. The van der Waals surface area contributed by atoms with Gasteiger partial charge < -0.3 is 5.11 Å². The van der Waals surface area contributed by atoms with Crippen LogP contribution in [0.3, 0.4) is 0 Å². The van der Waals surface area contributed by atoms with Crippen molar-refractivity contribution in [3.63, 3.8) is 0 Å². The first kappa shape index (κ1) is 23.9. The van der Waals surface area contributed by atoms with Crippen LogP contribution in [0.2, 0.25) is 0 Å². The first-order chi connectivity index (χ1) is 14.9. The molecule has 32 heavy (non-hydrogen) atoms. The number of aromatic nitrogens is 1. The number of pyridine rings is 1. The predicted molar refractivity (Wildman–Crippen MR) is 118 cm³/mol. The maximum atomic E-state index is 12.0. The Hall–Kier alpha value is -1.28. The minimum Gasteiger partial charge on any atom is -0.389 e. The number of hydrogen-bond acceptors (Lipinski definition) is 2. The average Bonchev–Trinajstić information content (AvgIpc) is 2.76. The van der Waals surface area contributed by atoms with Crippen LogP contribution in [0.5, 0.6) is 0 Å². The molecule has 3 aliphatic carbocycles. The monoisotopic (exact) mass is 505 g/mol. The number of nitrogens with zero attached hydrogens (tertiary/aromatic N) is 2. The second-order valence-electron chi connectivity index (χ2n) is 10.4. The van der Waals surface area contributed by atoms with Crippen LogP contribution in [0.15, 0.2) is 30.6 Å². The summed E-state index contributed by atoms with van der Waals surface area (Å²) < 4.78 is 1.00. The molecule has 1 aromatic heterocycles. The van der Waals surface area contributed by atoms with Gasteiger partial charge in [-0.05, 0) is 90.9 Å². The number of rotatable bonds is 2. The van der Waals surface area contributed by atoms with E-state index in [9.17, 15) is 10.3 Å². The molecule has 2 aromatic rings. The largest absolute Gasteiger partial charge is 0.389 e. The van der Waals surface area contributed by atoms with E-state index in [1.54, 1.807) is 6.20 Å². The average molecular weight is 505 g/mol. The molecular weight excluding hydrogens is 473 g/mol. The van der Waals surface area contributed by atoms with Crippen molar-refractivity contribution < 1.29 is 47.8 Å². The molecule has 2 fully saturated rings. The Morgan fingerprint density at radius 1 is 1.22 bits per heavy atom. The van der Waals surface area contributed by atoms with Crippen molar-refractivity contribution in [2.24, 2.45) is 17.3 Å². The molecule has 1 aromatic carbocycles. The van der Waals surface area contributed by atoms with Crippen LogP contribution >= 0.6 is 0 Å². The van der Waals surface area contributed by atoms with Crippen LogP contribution in [0.1, 0.15) is 73.6 Å². The zero-order chi connectivity index (χ0) is 21.8. The van der Waals surface area contributed by atoms with E-state index in [0.29, 0.717) is 24.2 Å². The third-order valence-corrected chi connectivity index (χ3v) is 9.14. The topological polar surface area (TPSA) is 48.7 Å². The summed E-state index contributed by atoms with van der Waals surface area (Å²) in [6, 6.07) is 9.25. The van der Waals surface area contributed by atoms with Gasteiger partial charge in [0, 0.05) is 32.7 Å². The molecule has 0 bridgehead atoms. The summed E-state index contributed by atoms with van der Waals surface area (Å²) in [6.45, 7) is 11.9. The van der Waals surface area contributed by atoms with E-state index in [1.165, 1.54) is 29.3 Å². The van der Waals surface area contributed by atoms with Crippen molar-refractivity contribution in [3.8, 4) is 0 Å². The van der Waals surface area contributed by atoms with Gasteiger partial charge in [-0.1, -0.05) is 31.0 Å². The van der Waals surface area contributed by atoms with Gasteiger partial charge in [-0.15, -0.1) is 6.07 Å². The molecule has 5 rings (SSSR count). The molecule has 0 amide bonds. The zero-order valence-corrected chi connectivity index (χ0v) is 22.0. The second kappa shape index (κ2) is 8.82. The Morgan fingerprint density at radius 2 is 2.03 bits per heavy atom. The summed E-state index contributed by atoms with van der Waals surface area (Å²) in [5.41, 5.74) is 5.00. The summed E-state index contributed by atoms with van der Waals surface area (Å²) in [6.07, 6.45) is 11.2. The van der Waals surface area contributed by atoms with Gasteiger partial charge in [0.25, 0.3) is 0 Å². The Bertz CT molecular complexity index is 1050. The Labute approximate surface area is 216 Å². The van der Waals surface area contributed by atoms with Crippen LogP contribution < -0.4 is 4.73 Å². The molecule has 2 saturated carbocycles. The normalized spacial score (nSPS) is 33.1. The number of benzene rings is 1. The Kier molecular flexibility index (Phi) is 6.58. The molecule has 0 spiro atoms. The van der Waals surface area contributed by atoms with Crippen LogP contribution in [0, 0.1) is 36.8 Å². The summed E-state index contributed by atoms with van der Waals surface area (Å²) in [5, 5.41) is 21.6. The maximum Gasteiger partial charge on any atom is 0.190 e. The minimum absolute atomic E-state index is 0. The quantitative estimate of drug-likeness (QED) is 0.340. The molecule has 5 heteroatoms. The van der Waals surface area contributed by atoms with Crippen LogP contribution in [0.4, 0.5) is 5.69 Å². The van der Waals surface area contributed by atoms with E-state index in [4.69, 9.17) is 6.57 Å². The van der Waals surface area contributed by atoms with Crippen molar-refractivity contribution in [1.82, 2.24) is 0 Å². The zero-order valence-electron chi connectivity index (χ0n) is 19.1. The third-order valence-electron chi connectivity index (χ3n) is 9.14. The first-order valence-corrected chi connectivity index (χ1v) is 11.7. The van der Waals surface area contributed by atoms with Crippen molar-refractivity contribution >= 4 is 5.69 Å². The maximum absolute atomic E-state index is 12.0. The molecule has 165 valence electrons. The number of fused-ring (bicyclic) bond motifs is 5. The van der Waals surface area contributed by atoms with E-state index in [2.05, 4.69) is 30.8 Å². The van der Waals surface area contributed by atoms with Crippen molar-refractivity contribution in [2.75, 3.05) is 0 Å². The van der Waals surface area contributed by atoms with Crippen molar-refractivity contribution in [1.29, 1.82) is 0 Å². The fourth-order valence-electron chi connectivity index (χ4n) is 7.41. The molecule has 3 unspecified atom stereocenters. The van der Waals surface area contributed by atoms with Crippen molar-refractivity contribution in [2.45, 2.75) is 76.7 Å². The van der Waals surface area contributed by atoms with Gasteiger partial charge in [0.05, 0.1) is 12.2 Å². The Balaban J connectivity index is 0.00000245. The predicted octanol–water partition coefficient (Wildman–Crippen LogP) is 5.09. The fraction of sp³-hybridized carbons (Fsp3) is 0.556. The van der Waals surface area contributed by atoms with E-state index < -0.39 is 5.60 Å². The smallest absolute Gasteiger partial charge is 0.190 e. The molecule has 1 radical (unpaired) electrons. The van der Waals surface area contributed by atoms with Gasteiger partial charge in [0.2, 0.25) is 0 Å². The molecule has 0 aliphatic heterocycles. The summed E-state index contributed by atoms with van der Waals surface area (Å²) in [5.74, 6) is 1.68. The summed E-state index contributed by atoms with van der Waals surface area (Å²) in [4.78, 5) is 3.72. The van der Waals surface area contributed by atoms with E-state index >= 15 is 0 Å². The summed E-state index contributed by atoms with van der Waals surface area (Å²) >= 11 is 0. The molecule has 0 saturated heterocycles. The van der Waals surface area contributed by atoms with Gasteiger partial charge in [-0.3, -0.25) is 5.21 Å². The van der Waals surface area contributed by atoms with Crippen LogP contribution in [-0.4, -0.2) is 15.9 Å². The number of aliphatic hydroxyl groups is 1. The molecule has 5 atom stereocenters. The molecule has 4 nitrogen and oxygen atoms in total. The van der Waals surface area contributed by atoms with Crippen LogP contribution in [0.25, 0.3) is 4.85 Å². The van der Waals surface area contributed by atoms with E-state index in [1.807, 2.05) is 12.1 Å². The van der Waals surface area contributed by atoms with Gasteiger partial charge >= 0.3 is 0 Å². The molecule has 2 N–H and O–H groups in total. The molecular formula is C27H32N2O2Y. The fourth-order valence-corrected chi connectivity index (χ4v) is 7.41. The van der Waals surface area contributed by atoms with Crippen LogP contribution in [-0.2, 0) is 45.6 Å². The van der Waals surface area contributed by atoms with Gasteiger partial charge in [0.1, 0.15) is 12.4 Å². The first-order valence-electron chi connectivity index (χ1n) is 11.7. The number of hydrogen-bond donors (Lipinski definition) is 2. The van der Waals surface area contributed by atoms with E-state index in [-0.39, 0.29) is 38.1 Å². The Morgan fingerprint density at radius 3 is 2.75 bits per heavy atom. The molecule has 1 heterocycles. The van der Waals surface area contributed by atoms with Gasteiger partial charge in [-0.25, -0.2) is 10.4 Å². The van der Waals surface area contributed by atoms with Gasteiger partial charge in [-0.2, -0.15) is 6.07 Å². The third kappa shape index (κ3) is 3.65. The van der Waals surface area contributed by atoms with Crippen molar-refractivity contribution in [3.05, 3.63) is 70.3 Å². The second-order valence-corrected chi connectivity index (χ2v) is 10.4. The van der Waals surface area contributed by atoms with Gasteiger partial charge in [0.15, 0.2) is 5.69 Å².